The van der Waals surface area contributed by atoms with Crippen LogP contribution in [0.15, 0.2) is 42.7 Å². The molecule has 15 heavy (non-hydrogen) atoms. The van der Waals surface area contributed by atoms with Crippen LogP contribution in [-0.2, 0) is 0 Å². The van der Waals surface area contributed by atoms with Crippen molar-refractivity contribution >= 4 is 5.78 Å². The van der Waals surface area contributed by atoms with Gasteiger partial charge in [0.2, 0.25) is 0 Å². The minimum Gasteiger partial charge on any atom is -0.293 e. The molecule has 0 aliphatic carbocycles. The van der Waals surface area contributed by atoms with Gasteiger partial charge in [0.05, 0.1) is 18.1 Å². The van der Waals surface area contributed by atoms with Gasteiger partial charge in [-0.1, -0.05) is 30.3 Å². The lowest BCUT2D eigenvalue weighted by Gasteiger charge is -1.99. The Hall–Kier alpha value is -2.03. The zero-order chi connectivity index (χ0) is 10.7. The molecule has 0 radical (unpaired) electrons. The highest BCUT2D eigenvalue weighted by molar-refractivity contribution is 5.91. The van der Waals surface area contributed by atoms with E-state index in [9.17, 15) is 4.79 Å². The third kappa shape index (κ3) is 2.07. The average Bonchev–Trinajstić information content (AvgIpc) is 2.30. The molecular weight excluding hydrogens is 188 g/mol. The van der Waals surface area contributed by atoms with Crippen LogP contribution in [-0.4, -0.2) is 15.8 Å². The van der Waals surface area contributed by atoms with E-state index in [0.717, 1.165) is 11.3 Å². The molecule has 0 unspecified atom stereocenters. The fourth-order valence-electron chi connectivity index (χ4n) is 1.27. The van der Waals surface area contributed by atoms with Crippen molar-refractivity contribution in [1.82, 2.24) is 9.97 Å². The summed E-state index contributed by atoms with van der Waals surface area (Å²) in [6, 6.07) is 9.74. The van der Waals surface area contributed by atoms with E-state index in [-0.39, 0.29) is 5.78 Å². The summed E-state index contributed by atoms with van der Waals surface area (Å²) in [5.74, 6) is -0.0675. The minimum atomic E-state index is -0.0675. The lowest BCUT2D eigenvalue weighted by atomic mass is 10.1. The molecule has 0 saturated heterocycles. The summed E-state index contributed by atoms with van der Waals surface area (Å²) in [7, 11) is 0. The van der Waals surface area contributed by atoms with E-state index in [1.807, 2.05) is 30.3 Å². The van der Waals surface area contributed by atoms with E-state index in [2.05, 4.69) is 9.97 Å². The van der Waals surface area contributed by atoms with Gasteiger partial charge in [-0.15, -0.1) is 0 Å². The summed E-state index contributed by atoms with van der Waals surface area (Å²) in [6.45, 7) is 1.48. The quantitative estimate of drug-likeness (QED) is 0.695. The first-order valence-corrected chi connectivity index (χ1v) is 4.66. The number of Topliss-reactive ketones (excluding diaryl/α,β-unsaturated/α-hetero) is 1. The first-order valence-electron chi connectivity index (χ1n) is 4.66. The number of hydrogen-bond acceptors (Lipinski definition) is 3. The van der Waals surface area contributed by atoms with Gasteiger partial charge >= 0.3 is 0 Å². The van der Waals surface area contributed by atoms with Gasteiger partial charge in [-0.25, -0.2) is 4.98 Å². The summed E-state index contributed by atoms with van der Waals surface area (Å²) in [4.78, 5) is 19.2. The van der Waals surface area contributed by atoms with E-state index < -0.39 is 0 Å². The molecule has 1 aromatic carbocycles. The number of ketones is 1. The Morgan fingerprint density at radius 1 is 1.07 bits per heavy atom. The number of carbonyl (C=O) groups excluding carboxylic acids is 1. The molecule has 1 aromatic heterocycles. The molecule has 0 bridgehead atoms. The van der Waals surface area contributed by atoms with Gasteiger partial charge in [0.15, 0.2) is 5.78 Å². The second-order valence-electron chi connectivity index (χ2n) is 3.21. The maximum atomic E-state index is 11.0. The third-order valence-corrected chi connectivity index (χ3v) is 2.08. The normalized spacial score (nSPS) is 9.93. The summed E-state index contributed by atoms with van der Waals surface area (Å²) >= 11 is 0. The fraction of sp³-hybridized carbons (Fsp3) is 0.0833. The van der Waals surface area contributed by atoms with Crippen LogP contribution in [0, 0.1) is 0 Å². The molecular formula is C12H10N2O. The van der Waals surface area contributed by atoms with Gasteiger partial charge in [0, 0.05) is 12.5 Å². The Bertz CT molecular complexity index is 463. The van der Waals surface area contributed by atoms with Gasteiger partial charge < -0.3 is 0 Å². The van der Waals surface area contributed by atoms with Gasteiger partial charge in [0.1, 0.15) is 5.69 Å². The van der Waals surface area contributed by atoms with Crippen LogP contribution >= 0.6 is 0 Å². The van der Waals surface area contributed by atoms with Crippen LogP contribution in [0.3, 0.4) is 0 Å². The molecule has 3 heteroatoms. The SMILES string of the molecule is CC(=O)c1cnc(-c2ccccc2)cn1. The molecule has 0 N–H and O–H groups in total. The Kier molecular flexibility index (Phi) is 2.54. The van der Waals surface area contributed by atoms with Crippen molar-refractivity contribution in [3.63, 3.8) is 0 Å². The van der Waals surface area contributed by atoms with E-state index in [1.165, 1.54) is 13.1 Å². The van der Waals surface area contributed by atoms with Crippen LogP contribution < -0.4 is 0 Å². The van der Waals surface area contributed by atoms with E-state index in [4.69, 9.17) is 0 Å². The predicted molar refractivity (Wildman–Crippen MR) is 57.5 cm³/mol. The van der Waals surface area contributed by atoms with E-state index >= 15 is 0 Å². The van der Waals surface area contributed by atoms with Crippen molar-refractivity contribution < 1.29 is 4.79 Å². The summed E-state index contributed by atoms with van der Waals surface area (Å²) in [6.07, 6.45) is 3.12. The van der Waals surface area contributed by atoms with Crippen molar-refractivity contribution in [2.75, 3.05) is 0 Å². The van der Waals surface area contributed by atoms with Crippen LogP contribution in [0.1, 0.15) is 17.4 Å². The molecule has 2 aromatic rings. The highest BCUT2D eigenvalue weighted by atomic mass is 16.1. The summed E-state index contributed by atoms with van der Waals surface area (Å²) in [5.41, 5.74) is 2.18. The van der Waals surface area contributed by atoms with Gasteiger partial charge in [-0.05, 0) is 0 Å². The second-order valence-corrected chi connectivity index (χ2v) is 3.21. The Labute approximate surface area is 87.8 Å². The Balaban J connectivity index is 2.36. The van der Waals surface area contributed by atoms with Crippen molar-refractivity contribution in [1.29, 1.82) is 0 Å². The average molecular weight is 198 g/mol. The maximum Gasteiger partial charge on any atom is 0.179 e. The lowest BCUT2D eigenvalue weighted by Crippen LogP contribution is -1.97. The number of hydrogen-bond donors (Lipinski definition) is 0. The van der Waals surface area contributed by atoms with Crippen molar-refractivity contribution in [3.8, 4) is 11.3 Å². The topological polar surface area (TPSA) is 42.9 Å². The predicted octanol–water partition coefficient (Wildman–Crippen LogP) is 2.35. The highest BCUT2D eigenvalue weighted by Gasteiger charge is 2.02. The van der Waals surface area contributed by atoms with Crippen LogP contribution in [0.4, 0.5) is 0 Å². The number of aromatic nitrogens is 2. The zero-order valence-electron chi connectivity index (χ0n) is 8.34. The molecule has 0 amide bonds. The van der Waals surface area contributed by atoms with Crippen molar-refractivity contribution in [2.45, 2.75) is 6.92 Å². The monoisotopic (exact) mass is 198 g/mol. The summed E-state index contributed by atoms with van der Waals surface area (Å²) in [5, 5.41) is 0. The molecule has 74 valence electrons. The molecule has 2 rings (SSSR count). The Morgan fingerprint density at radius 2 is 1.80 bits per heavy atom. The number of benzene rings is 1. The number of carbonyl (C=O) groups is 1. The van der Waals surface area contributed by atoms with Crippen molar-refractivity contribution in [3.05, 3.63) is 48.4 Å². The molecule has 0 aliphatic rings. The van der Waals surface area contributed by atoms with Gasteiger partial charge in [-0.2, -0.15) is 0 Å². The van der Waals surface area contributed by atoms with E-state index in [0.29, 0.717) is 5.69 Å². The van der Waals surface area contributed by atoms with Gasteiger partial charge in [0.25, 0.3) is 0 Å². The fourth-order valence-corrected chi connectivity index (χ4v) is 1.27. The largest absolute Gasteiger partial charge is 0.293 e. The zero-order valence-corrected chi connectivity index (χ0v) is 8.34. The number of rotatable bonds is 2. The molecule has 3 nitrogen and oxygen atoms in total. The molecule has 0 fully saturated rings. The molecule has 0 atom stereocenters. The van der Waals surface area contributed by atoms with Gasteiger partial charge in [-0.3, -0.25) is 9.78 Å². The highest BCUT2D eigenvalue weighted by Crippen LogP contribution is 2.14. The molecule has 0 aliphatic heterocycles. The minimum absolute atomic E-state index is 0.0675. The second kappa shape index (κ2) is 4.00. The van der Waals surface area contributed by atoms with Crippen LogP contribution in [0.5, 0.6) is 0 Å². The first-order chi connectivity index (χ1) is 7.27. The van der Waals surface area contributed by atoms with Crippen LogP contribution in [0.2, 0.25) is 0 Å². The maximum absolute atomic E-state index is 11.0. The lowest BCUT2D eigenvalue weighted by molar-refractivity contribution is 0.101. The third-order valence-electron chi connectivity index (χ3n) is 2.08. The Morgan fingerprint density at radius 3 is 2.33 bits per heavy atom. The van der Waals surface area contributed by atoms with E-state index in [1.54, 1.807) is 6.20 Å². The van der Waals surface area contributed by atoms with Crippen molar-refractivity contribution in [2.24, 2.45) is 0 Å². The smallest absolute Gasteiger partial charge is 0.179 e. The molecule has 1 heterocycles. The molecule has 0 spiro atoms. The molecule has 0 saturated carbocycles. The summed E-state index contributed by atoms with van der Waals surface area (Å²) < 4.78 is 0. The first kappa shape index (κ1) is 9.52. The number of nitrogens with zero attached hydrogens (tertiary/aromatic N) is 2. The standard InChI is InChI=1S/C12H10N2O/c1-9(15)11-7-14-12(8-13-11)10-5-3-2-4-6-10/h2-8H,1H3. The van der Waals surface area contributed by atoms with Crippen LogP contribution in [0.25, 0.3) is 11.3 Å².